The highest BCUT2D eigenvalue weighted by molar-refractivity contribution is 5.93. The minimum Gasteiger partial charge on any atom is -0.378 e. The maximum absolute atomic E-state index is 10.9. The number of ketones is 1. The Morgan fingerprint density at radius 2 is 1.72 bits per heavy atom. The van der Waals surface area contributed by atoms with Crippen molar-refractivity contribution in [2.75, 3.05) is 19.0 Å². The first kappa shape index (κ1) is 12.4. The zero-order valence-electron chi connectivity index (χ0n) is 11.0. The summed E-state index contributed by atoms with van der Waals surface area (Å²) >= 11 is 0. The molecular formula is C16H17NO. The molecule has 0 aliphatic heterocycles. The molecule has 0 radical (unpaired) electrons. The minimum atomic E-state index is 0.0676. The molecule has 18 heavy (non-hydrogen) atoms. The average Bonchev–Trinajstić information content (AvgIpc) is 2.35. The number of carbonyl (C=O) groups is 1. The van der Waals surface area contributed by atoms with E-state index in [0.717, 1.165) is 5.56 Å². The fraction of sp³-hybridized carbons (Fsp3) is 0.188. The zero-order chi connectivity index (χ0) is 13.1. The van der Waals surface area contributed by atoms with Gasteiger partial charge < -0.3 is 4.90 Å². The van der Waals surface area contributed by atoms with E-state index in [2.05, 4.69) is 35.2 Å². The SMILES string of the molecule is CC(=O)/C=C/c1ccc2cc(N(C)C)ccc2c1. The van der Waals surface area contributed by atoms with Crippen molar-refractivity contribution in [3.8, 4) is 0 Å². The Bertz CT molecular complexity index is 612. The number of nitrogens with zero attached hydrogens (tertiary/aromatic N) is 1. The van der Waals surface area contributed by atoms with Crippen molar-refractivity contribution in [1.82, 2.24) is 0 Å². The van der Waals surface area contributed by atoms with E-state index >= 15 is 0 Å². The van der Waals surface area contributed by atoms with Gasteiger partial charge in [-0.2, -0.15) is 0 Å². The van der Waals surface area contributed by atoms with E-state index in [1.54, 1.807) is 13.0 Å². The van der Waals surface area contributed by atoms with Crippen LogP contribution in [0.5, 0.6) is 0 Å². The number of hydrogen-bond acceptors (Lipinski definition) is 2. The summed E-state index contributed by atoms with van der Waals surface area (Å²) in [7, 11) is 4.07. The topological polar surface area (TPSA) is 20.3 Å². The highest BCUT2D eigenvalue weighted by Gasteiger charge is 1.99. The summed E-state index contributed by atoms with van der Waals surface area (Å²) in [5.74, 6) is 0.0676. The third kappa shape index (κ3) is 2.77. The van der Waals surface area contributed by atoms with Crippen molar-refractivity contribution in [3.05, 3.63) is 48.0 Å². The van der Waals surface area contributed by atoms with E-state index in [-0.39, 0.29) is 5.78 Å². The van der Waals surface area contributed by atoms with Crippen molar-refractivity contribution >= 4 is 28.3 Å². The van der Waals surface area contributed by atoms with Crippen LogP contribution in [0.1, 0.15) is 12.5 Å². The predicted octanol–water partition coefficient (Wildman–Crippen LogP) is 3.51. The Hall–Kier alpha value is -2.09. The molecule has 0 N–H and O–H groups in total. The van der Waals surface area contributed by atoms with Crippen molar-refractivity contribution in [2.45, 2.75) is 6.92 Å². The van der Waals surface area contributed by atoms with E-state index in [9.17, 15) is 4.79 Å². The molecule has 92 valence electrons. The van der Waals surface area contributed by atoms with Gasteiger partial charge in [0, 0.05) is 19.8 Å². The molecule has 0 unspecified atom stereocenters. The van der Waals surface area contributed by atoms with Gasteiger partial charge in [-0.05, 0) is 47.5 Å². The third-order valence-corrected chi connectivity index (χ3v) is 2.87. The van der Waals surface area contributed by atoms with E-state index in [4.69, 9.17) is 0 Å². The van der Waals surface area contributed by atoms with E-state index < -0.39 is 0 Å². The zero-order valence-corrected chi connectivity index (χ0v) is 11.0. The van der Waals surface area contributed by atoms with Crippen LogP contribution in [0.4, 0.5) is 5.69 Å². The van der Waals surface area contributed by atoms with Crippen LogP contribution < -0.4 is 4.90 Å². The van der Waals surface area contributed by atoms with Gasteiger partial charge in [0.05, 0.1) is 0 Å². The Kier molecular flexibility index (Phi) is 3.47. The number of allylic oxidation sites excluding steroid dienone is 1. The second kappa shape index (κ2) is 5.05. The number of benzene rings is 2. The number of carbonyl (C=O) groups excluding carboxylic acids is 1. The highest BCUT2D eigenvalue weighted by Crippen LogP contribution is 2.22. The molecule has 2 nitrogen and oxygen atoms in total. The minimum absolute atomic E-state index is 0.0676. The molecule has 0 bridgehead atoms. The maximum atomic E-state index is 10.9. The van der Waals surface area contributed by atoms with Crippen LogP contribution >= 0.6 is 0 Å². The third-order valence-electron chi connectivity index (χ3n) is 2.87. The highest BCUT2D eigenvalue weighted by atomic mass is 16.1. The largest absolute Gasteiger partial charge is 0.378 e. The Balaban J connectivity index is 2.41. The molecule has 2 rings (SSSR count). The summed E-state index contributed by atoms with van der Waals surface area (Å²) in [5.41, 5.74) is 2.24. The standard InChI is InChI=1S/C16H17NO/c1-12(18)4-5-13-6-7-15-11-16(17(2)3)9-8-14(15)10-13/h4-11H,1-3H3/b5-4+. The number of anilines is 1. The van der Waals surface area contributed by atoms with Crippen molar-refractivity contribution in [3.63, 3.8) is 0 Å². The lowest BCUT2D eigenvalue weighted by molar-refractivity contribution is -0.112. The van der Waals surface area contributed by atoms with Crippen LogP contribution in [0.3, 0.4) is 0 Å². The Morgan fingerprint density at radius 3 is 2.39 bits per heavy atom. The van der Waals surface area contributed by atoms with Gasteiger partial charge in [0.2, 0.25) is 0 Å². The van der Waals surface area contributed by atoms with Gasteiger partial charge in [-0.25, -0.2) is 0 Å². The Labute approximate surface area is 108 Å². The van der Waals surface area contributed by atoms with E-state index in [0.29, 0.717) is 0 Å². The molecule has 0 amide bonds. The molecule has 0 aliphatic rings. The molecule has 0 aliphatic carbocycles. The van der Waals surface area contributed by atoms with Gasteiger partial charge >= 0.3 is 0 Å². The second-order valence-electron chi connectivity index (χ2n) is 4.63. The second-order valence-corrected chi connectivity index (χ2v) is 4.63. The van der Waals surface area contributed by atoms with Gasteiger partial charge in [0.1, 0.15) is 0 Å². The molecule has 0 heterocycles. The molecule has 2 heteroatoms. The first-order valence-electron chi connectivity index (χ1n) is 5.96. The normalized spacial score (nSPS) is 11.1. The molecule has 0 saturated heterocycles. The average molecular weight is 239 g/mol. The molecule has 0 atom stereocenters. The quantitative estimate of drug-likeness (QED) is 0.764. The van der Waals surface area contributed by atoms with Crippen LogP contribution in [-0.2, 0) is 4.79 Å². The summed E-state index contributed by atoms with van der Waals surface area (Å²) in [6.07, 6.45) is 3.44. The van der Waals surface area contributed by atoms with Crippen LogP contribution in [0, 0.1) is 0 Å². The molecule has 0 spiro atoms. The number of fused-ring (bicyclic) bond motifs is 1. The molecule has 2 aromatic rings. The smallest absolute Gasteiger partial charge is 0.152 e. The van der Waals surface area contributed by atoms with Gasteiger partial charge in [-0.3, -0.25) is 4.79 Å². The van der Waals surface area contributed by atoms with E-state index in [1.165, 1.54) is 16.5 Å². The van der Waals surface area contributed by atoms with Gasteiger partial charge in [0.25, 0.3) is 0 Å². The maximum Gasteiger partial charge on any atom is 0.152 e. The molecule has 0 fully saturated rings. The number of rotatable bonds is 3. The van der Waals surface area contributed by atoms with Gasteiger partial charge in [0.15, 0.2) is 5.78 Å². The lowest BCUT2D eigenvalue weighted by Gasteiger charge is -2.13. The van der Waals surface area contributed by atoms with Gasteiger partial charge in [-0.1, -0.05) is 24.3 Å². The van der Waals surface area contributed by atoms with Crippen LogP contribution in [0.2, 0.25) is 0 Å². The van der Waals surface area contributed by atoms with Crippen molar-refractivity contribution in [1.29, 1.82) is 0 Å². The van der Waals surface area contributed by atoms with Gasteiger partial charge in [-0.15, -0.1) is 0 Å². The summed E-state index contributed by atoms with van der Waals surface area (Å²) in [6, 6.07) is 12.6. The van der Waals surface area contributed by atoms with Crippen LogP contribution in [0.25, 0.3) is 16.8 Å². The fourth-order valence-corrected chi connectivity index (χ4v) is 1.85. The molecular weight excluding hydrogens is 222 g/mol. The summed E-state index contributed by atoms with van der Waals surface area (Å²) < 4.78 is 0. The predicted molar refractivity (Wildman–Crippen MR) is 78.0 cm³/mol. The van der Waals surface area contributed by atoms with Crippen LogP contribution in [0.15, 0.2) is 42.5 Å². The molecule has 0 aromatic heterocycles. The lowest BCUT2D eigenvalue weighted by atomic mass is 10.1. The first-order chi connectivity index (χ1) is 8.56. The fourth-order valence-electron chi connectivity index (χ4n) is 1.85. The Morgan fingerprint density at radius 1 is 1.06 bits per heavy atom. The lowest BCUT2D eigenvalue weighted by Crippen LogP contribution is -2.07. The van der Waals surface area contributed by atoms with Crippen LogP contribution in [-0.4, -0.2) is 19.9 Å². The van der Waals surface area contributed by atoms with Crippen molar-refractivity contribution < 1.29 is 4.79 Å². The molecule has 2 aromatic carbocycles. The summed E-state index contributed by atoms with van der Waals surface area (Å²) in [6.45, 7) is 1.56. The van der Waals surface area contributed by atoms with Crippen molar-refractivity contribution in [2.24, 2.45) is 0 Å². The summed E-state index contributed by atoms with van der Waals surface area (Å²) in [4.78, 5) is 13.0. The molecule has 0 saturated carbocycles. The summed E-state index contributed by atoms with van der Waals surface area (Å²) in [5, 5.41) is 2.40. The van der Waals surface area contributed by atoms with E-state index in [1.807, 2.05) is 26.2 Å². The monoisotopic (exact) mass is 239 g/mol. The first-order valence-corrected chi connectivity index (χ1v) is 5.96. The number of hydrogen-bond donors (Lipinski definition) is 0.